The van der Waals surface area contributed by atoms with Crippen molar-refractivity contribution in [1.82, 2.24) is 0 Å². The monoisotopic (exact) mass is 212 g/mol. The van der Waals surface area contributed by atoms with E-state index in [2.05, 4.69) is 6.58 Å². The van der Waals surface area contributed by atoms with Gasteiger partial charge in [0.05, 0.1) is 0 Å². The van der Waals surface area contributed by atoms with Crippen molar-refractivity contribution < 1.29 is 14.6 Å². The second-order valence-electron chi connectivity index (χ2n) is 2.81. The number of ether oxygens (including phenoxy) is 1. The first-order valence-electron chi connectivity index (χ1n) is 4.25. The average Bonchev–Trinajstić information content (AvgIpc) is 2.62. The second-order valence-corrected chi connectivity index (χ2v) is 3.73. The average molecular weight is 212 g/mol. The Bertz CT molecular complexity index is 341. The first kappa shape index (κ1) is 10.8. The van der Waals surface area contributed by atoms with Crippen molar-refractivity contribution >= 4 is 17.3 Å². The van der Waals surface area contributed by atoms with Crippen LogP contribution in [0, 0.1) is 0 Å². The molecule has 0 radical (unpaired) electrons. The Labute approximate surface area is 86.6 Å². The fourth-order valence-corrected chi connectivity index (χ4v) is 1.52. The van der Waals surface area contributed by atoms with Gasteiger partial charge in [0.25, 0.3) is 0 Å². The van der Waals surface area contributed by atoms with Crippen LogP contribution in [0.25, 0.3) is 0 Å². The Kier molecular flexibility index (Phi) is 3.71. The molecule has 0 aromatic carbocycles. The molecule has 1 rings (SSSR count). The molecule has 0 atom stereocenters. The number of carboxylic acid groups (broad SMARTS) is 1. The minimum absolute atomic E-state index is 0.244. The van der Waals surface area contributed by atoms with Crippen molar-refractivity contribution in [3.05, 3.63) is 28.5 Å². The van der Waals surface area contributed by atoms with Gasteiger partial charge in [-0.25, -0.2) is 4.79 Å². The molecule has 0 bridgehead atoms. The second kappa shape index (κ2) is 4.81. The Balaban J connectivity index is 2.63. The minimum Gasteiger partial charge on any atom is -0.487 e. The van der Waals surface area contributed by atoms with Crippen molar-refractivity contribution in [2.45, 2.75) is 13.3 Å². The van der Waals surface area contributed by atoms with E-state index in [0.717, 1.165) is 23.3 Å². The van der Waals surface area contributed by atoms with Crippen molar-refractivity contribution in [3.63, 3.8) is 0 Å². The first-order valence-corrected chi connectivity index (χ1v) is 5.13. The van der Waals surface area contributed by atoms with Crippen LogP contribution in [0.5, 0.6) is 5.75 Å². The molecule has 14 heavy (non-hydrogen) atoms. The SMILES string of the molecule is C=C(CC)COc1ccsc1C(=O)O. The summed E-state index contributed by atoms with van der Waals surface area (Å²) in [6.07, 6.45) is 0.840. The van der Waals surface area contributed by atoms with Crippen molar-refractivity contribution in [2.24, 2.45) is 0 Å². The van der Waals surface area contributed by atoms with Gasteiger partial charge in [-0.05, 0) is 23.4 Å². The predicted molar refractivity (Wildman–Crippen MR) is 56.2 cm³/mol. The third-order valence-corrected chi connectivity index (χ3v) is 2.64. The summed E-state index contributed by atoms with van der Waals surface area (Å²) < 4.78 is 5.32. The molecule has 0 saturated carbocycles. The fourth-order valence-electron chi connectivity index (χ4n) is 0.849. The quantitative estimate of drug-likeness (QED) is 0.763. The lowest BCUT2D eigenvalue weighted by Crippen LogP contribution is -2.02. The van der Waals surface area contributed by atoms with Gasteiger partial charge in [-0.2, -0.15) is 0 Å². The predicted octanol–water partition coefficient (Wildman–Crippen LogP) is 2.79. The molecule has 0 saturated heterocycles. The van der Waals surface area contributed by atoms with Gasteiger partial charge in [-0.3, -0.25) is 0 Å². The zero-order valence-corrected chi connectivity index (χ0v) is 8.76. The molecule has 1 N–H and O–H groups in total. The molecule has 3 nitrogen and oxygen atoms in total. The van der Waals surface area contributed by atoms with Crippen LogP contribution < -0.4 is 4.74 Å². The van der Waals surface area contributed by atoms with E-state index in [1.54, 1.807) is 11.4 Å². The Morgan fingerprint density at radius 2 is 2.43 bits per heavy atom. The zero-order valence-electron chi connectivity index (χ0n) is 7.95. The summed E-state index contributed by atoms with van der Waals surface area (Å²) in [4.78, 5) is 10.9. The van der Waals surface area contributed by atoms with Crippen LogP contribution in [0.4, 0.5) is 0 Å². The normalized spacial score (nSPS) is 9.79. The Morgan fingerprint density at radius 3 is 3.00 bits per heavy atom. The van der Waals surface area contributed by atoms with Gasteiger partial charge in [-0.1, -0.05) is 13.5 Å². The fraction of sp³-hybridized carbons (Fsp3) is 0.300. The number of hydrogen-bond acceptors (Lipinski definition) is 3. The van der Waals surface area contributed by atoms with Gasteiger partial charge >= 0.3 is 5.97 Å². The van der Waals surface area contributed by atoms with Crippen LogP contribution >= 0.6 is 11.3 Å². The molecule has 1 aromatic heterocycles. The third kappa shape index (κ3) is 2.60. The zero-order chi connectivity index (χ0) is 10.6. The molecule has 0 aliphatic heterocycles. The van der Waals surface area contributed by atoms with Gasteiger partial charge in [0.2, 0.25) is 0 Å². The summed E-state index contributed by atoms with van der Waals surface area (Å²) in [7, 11) is 0. The molecule has 0 aliphatic carbocycles. The highest BCUT2D eigenvalue weighted by atomic mass is 32.1. The highest BCUT2D eigenvalue weighted by molar-refractivity contribution is 7.12. The van der Waals surface area contributed by atoms with Crippen molar-refractivity contribution in [2.75, 3.05) is 6.61 Å². The molecule has 1 aromatic rings. The van der Waals surface area contributed by atoms with E-state index in [-0.39, 0.29) is 4.88 Å². The molecular formula is C10H12O3S. The minimum atomic E-state index is -0.947. The van der Waals surface area contributed by atoms with Gasteiger partial charge < -0.3 is 9.84 Å². The molecule has 76 valence electrons. The molecule has 0 unspecified atom stereocenters. The van der Waals surface area contributed by atoms with Crippen LogP contribution in [0.1, 0.15) is 23.0 Å². The van der Waals surface area contributed by atoms with Crippen molar-refractivity contribution in [3.8, 4) is 5.75 Å². The molecule has 0 aliphatic rings. The van der Waals surface area contributed by atoms with Gasteiger partial charge in [-0.15, -0.1) is 11.3 Å². The molecule has 0 spiro atoms. The number of hydrogen-bond donors (Lipinski definition) is 1. The highest BCUT2D eigenvalue weighted by Crippen LogP contribution is 2.25. The van der Waals surface area contributed by atoms with Gasteiger partial charge in [0.1, 0.15) is 12.4 Å². The summed E-state index contributed by atoms with van der Waals surface area (Å²) in [5, 5.41) is 10.5. The molecule has 0 fully saturated rings. The van der Waals surface area contributed by atoms with Crippen LogP contribution in [-0.4, -0.2) is 17.7 Å². The van der Waals surface area contributed by atoms with E-state index < -0.39 is 5.97 Å². The topological polar surface area (TPSA) is 46.5 Å². The van der Waals surface area contributed by atoms with E-state index in [1.165, 1.54) is 0 Å². The third-order valence-electron chi connectivity index (χ3n) is 1.76. The maximum Gasteiger partial charge on any atom is 0.349 e. The highest BCUT2D eigenvalue weighted by Gasteiger charge is 2.12. The van der Waals surface area contributed by atoms with E-state index in [9.17, 15) is 4.79 Å². The summed E-state index contributed by atoms with van der Waals surface area (Å²) in [6.45, 7) is 6.14. The number of aromatic carboxylic acids is 1. The lowest BCUT2D eigenvalue weighted by molar-refractivity contribution is 0.0698. The largest absolute Gasteiger partial charge is 0.487 e. The molecule has 1 heterocycles. The standard InChI is InChI=1S/C10H12O3S/c1-3-7(2)6-13-8-4-5-14-9(8)10(11)12/h4-5H,2-3,6H2,1H3,(H,11,12). The molecule has 4 heteroatoms. The lowest BCUT2D eigenvalue weighted by atomic mass is 10.2. The molecular weight excluding hydrogens is 200 g/mol. The molecule has 0 amide bonds. The van der Waals surface area contributed by atoms with Gasteiger partial charge in [0, 0.05) is 0 Å². The number of carboxylic acids is 1. The van der Waals surface area contributed by atoms with Gasteiger partial charge in [0.15, 0.2) is 4.88 Å². The number of rotatable bonds is 5. The van der Waals surface area contributed by atoms with Crippen LogP contribution in [0.2, 0.25) is 0 Å². The van der Waals surface area contributed by atoms with E-state index in [1.807, 2.05) is 6.92 Å². The van der Waals surface area contributed by atoms with Crippen LogP contribution in [-0.2, 0) is 0 Å². The van der Waals surface area contributed by atoms with E-state index in [4.69, 9.17) is 9.84 Å². The number of carbonyl (C=O) groups is 1. The summed E-state index contributed by atoms with van der Waals surface area (Å²) in [5.74, 6) is -0.519. The summed E-state index contributed by atoms with van der Waals surface area (Å²) in [5.41, 5.74) is 0.951. The van der Waals surface area contributed by atoms with E-state index in [0.29, 0.717) is 12.4 Å². The summed E-state index contributed by atoms with van der Waals surface area (Å²) in [6, 6.07) is 1.66. The Hall–Kier alpha value is -1.29. The number of thiophene rings is 1. The lowest BCUT2D eigenvalue weighted by Gasteiger charge is -2.05. The Morgan fingerprint density at radius 1 is 1.71 bits per heavy atom. The van der Waals surface area contributed by atoms with E-state index >= 15 is 0 Å². The first-order chi connectivity index (χ1) is 6.65. The maximum absolute atomic E-state index is 10.7. The van der Waals surface area contributed by atoms with Crippen LogP contribution in [0.3, 0.4) is 0 Å². The van der Waals surface area contributed by atoms with Crippen LogP contribution in [0.15, 0.2) is 23.6 Å². The maximum atomic E-state index is 10.7. The smallest absolute Gasteiger partial charge is 0.349 e. The summed E-state index contributed by atoms with van der Waals surface area (Å²) >= 11 is 1.16. The van der Waals surface area contributed by atoms with Crippen molar-refractivity contribution in [1.29, 1.82) is 0 Å².